The van der Waals surface area contributed by atoms with Crippen molar-refractivity contribution in [3.63, 3.8) is 0 Å². The van der Waals surface area contributed by atoms with Crippen molar-refractivity contribution in [1.29, 1.82) is 5.26 Å². The molecule has 0 radical (unpaired) electrons. The van der Waals surface area contributed by atoms with E-state index in [0.717, 1.165) is 36.3 Å². The van der Waals surface area contributed by atoms with Gasteiger partial charge in [-0.2, -0.15) is 5.26 Å². The van der Waals surface area contributed by atoms with Crippen LogP contribution in [0.15, 0.2) is 48.5 Å². The van der Waals surface area contributed by atoms with Gasteiger partial charge in [0.2, 0.25) is 0 Å². The molecule has 0 unspecified atom stereocenters. The molecule has 0 N–H and O–H groups in total. The first kappa shape index (κ1) is 20.4. The minimum absolute atomic E-state index is 0.841. The number of nitriles is 1. The van der Waals surface area contributed by atoms with Crippen molar-refractivity contribution in [2.45, 2.75) is 71.6 Å². The molecule has 146 valence electrons. The lowest BCUT2D eigenvalue weighted by atomic mass is 9.83. The van der Waals surface area contributed by atoms with E-state index in [9.17, 15) is 5.26 Å². The van der Waals surface area contributed by atoms with Crippen molar-refractivity contribution in [2.75, 3.05) is 0 Å². The molecule has 1 heteroatoms. The van der Waals surface area contributed by atoms with Crippen LogP contribution in [-0.4, -0.2) is 0 Å². The molecule has 0 atom stereocenters. The highest BCUT2D eigenvalue weighted by atomic mass is 14.3. The fourth-order valence-corrected chi connectivity index (χ4v) is 4.23. The Bertz CT molecular complexity index is 833. The Labute approximate surface area is 171 Å². The standard InChI is InChI=1S/C27H33N/c1-21(2)10-6-4-3-5-7-11-22-14-16-24(17-15-22)26-19-18-23-12-8-9-13-25(23)27(26)20-28/h8-9,12-17,21H,3-7,10-11,18-19H2,1-2H3. The minimum Gasteiger partial charge on any atom is -0.192 e. The topological polar surface area (TPSA) is 23.8 Å². The van der Waals surface area contributed by atoms with E-state index in [2.05, 4.69) is 62.4 Å². The molecule has 1 aliphatic rings. The molecule has 0 amide bonds. The van der Waals surface area contributed by atoms with E-state index >= 15 is 0 Å². The average molecular weight is 372 g/mol. The van der Waals surface area contributed by atoms with Crippen molar-refractivity contribution < 1.29 is 0 Å². The monoisotopic (exact) mass is 371 g/mol. The van der Waals surface area contributed by atoms with Gasteiger partial charge in [0.15, 0.2) is 0 Å². The van der Waals surface area contributed by atoms with Gasteiger partial charge in [0.25, 0.3) is 0 Å². The van der Waals surface area contributed by atoms with Crippen molar-refractivity contribution in [2.24, 2.45) is 5.92 Å². The van der Waals surface area contributed by atoms with Gasteiger partial charge in [-0.25, -0.2) is 0 Å². The van der Waals surface area contributed by atoms with Crippen LogP contribution in [0.1, 0.15) is 81.0 Å². The first-order valence-corrected chi connectivity index (χ1v) is 11.0. The molecule has 0 saturated carbocycles. The van der Waals surface area contributed by atoms with Crippen LogP contribution in [0.25, 0.3) is 11.1 Å². The summed E-state index contributed by atoms with van der Waals surface area (Å²) in [6.45, 7) is 4.62. The second kappa shape index (κ2) is 10.3. The summed E-state index contributed by atoms with van der Waals surface area (Å²) in [6, 6.07) is 19.8. The SMILES string of the molecule is CC(C)CCCCCCCc1ccc(C2=C(C#N)c3ccccc3CC2)cc1. The Morgan fingerprint density at radius 2 is 1.57 bits per heavy atom. The zero-order chi connectivity index (χ0) is 19.8. The van der Waals surface area contributed by atoms with Crippen LogP contribution in [0.3, 0.4) is 0 Å². The smallest absolute Gasteiger partial charge is 0.100 e. The summed E-state index contributed by atoms with van der Waals surface area (Å²) in [5, 5.41) is 9.75. The second-order valence-corrected chi connectivity index (χ2v) is 8.52. The van der Waals surface area contributed by atoms with Crippen molar-refractivity contribution in [1.82, 2.24) is 0 Å². The average Bonchev–Trinajstić information content (AvgIpc) is 2.72. The van der Waals surface area contributed by atoms with Crippen LogP contribution in [0.5, 0.6) is 0 Å². The number of allylic oxidation sites excluding steroid dienone is 2. The van der Waals surface area contributed by atoms with Crippen LogP contribution in [0.2, 0.25) is 0 Å². The molecule has 0 spiro atoms. The van der Waals surface area contributed by atoms with E-state index < -0.39 is 0 Å². The summed E-state index contributed by atoms with van der Waals surface area (Å²) in [4.78, 5) is 0. The lowest BCUT2D eigenvalue weighted by Gasteiger charge is -2.20. The Morgan fingerprint density at radius 1 is 0.857 bits per heavy atom. The summed E-state index contributed by atoms with van der Waals surface area (Å²) >= 11 is 0. The molecule has 1 nitrogen and oxygen atoms in total. The van der Waals surface area contributed by atoms with E-state index in [0.29, 0.717) is 0 Å². The maximum absolute atomic E-state index is 9.75. The summed E-state index contributed by atoms with van der Waals surface area (Å²) in [5.74, 6) is 0.841. The maximum atomic E-state index is 9.75. The number of hydrogen-bond donors (Lipinski definition) is 0. The number of aryl methyl sites for hydroxylation is 2. The molecule has 0 fully saturated rings. The lowest BCUT2D eigenvalue weighted by molar-refractivity contribution is 0.515. The highest BCUT2D eigenvalue weighted by Gasteiger charge is 2.19. The predicted octanol–water partition coefficient (Wildman–Crippen LogP) is 7.61. The molecule has 28 heavy (non-hydrogen) atoms. The zero-order valence-electron chi connectivity index (χ0n) is 17.5. The van der Waals surface area contributed by atoms with E-state index in [1.165, 1.54) is 60.8 Å². The van der Waals surface area contributed by atoms with Crippen LogP contribution < -0.4 is 0 Å². The highest BCUT2D eigenvalue weighted by molar-refractivity contribution is 5.99. The Balaban J connectivity index is 1.56. The van der Waals surface area contributed by atoms with Crippen molar-refractivity contribution in [3.8, 4) is 6.07 Å². The first-order valence-electron chi connectivity index (χ1n) is 11.0. The van der Waals surface area contributed by atoms with Crippen molar-refractivity contribution >= 4 is 11.1 Å². The van der Waals surface area contributed by atoms with E-state index in [1.807, 2.05) is 6.07 Å². The van der Waals surface area contributed by atoms with Gasteiger partial charge < -0.3 is 0 Å². The molecular weight excluding hydrogens is 338 g/mol. The molecular formula is C27H33N. The highest BCUT2D eigenvalue weighted by Crippen LogP contribution is 2.36. The molecule has 1 aliphatic carbocycles. The molecule has 0 heterocycles. The molecule has 2 aromatic rings. The van der Waals surface area contributed by atoms with Gasteiger partial charge in [-0.05, 0) is 59.4 Å². The first-order chi connectivity index (χ1) is 13.7. The summed E-state index contributed by atoms with van der Waals surface area (Å²) in [5.41, 5.74) is 7.11. The maximum Gasteiger partial charge on any atom is 0.100 e. The third kappa shape index (κ3) is 5.35. The van der Waals surface area contributed by atoms with Gasteiger partial charge >= 0.3 is 0 Å². The van der Waals surface area contributed by atoms with E-state index in [-0.39, 0.29) is 0 Å². The summed E-state index contributed by atoms with van der Waals surface area (Å²) < 4.78 is 0. The van der Waals surface area contributed by atoms with Crippen LogP contribution >= 0.6 is 0 Å². The zero-order valence-corrected chi connectivity index (χ0v) is 17.5. The minimum atomic E-state index is 0.841. The largest absolute Gasteiger partial charge is 0.192 e. The molecule has 2 aromatic carbocycles. The van der Waals surface area contributed by atoms with E-state index in [1.54, 1.807) is 0 Å². The van der Waals surface area contributed by atoms with Crippen LogP contribution in [0, 0.1) is 17.2 Å². The number of hydrogen-bond acceptors (Lipinski definition) is 1. The molecule has 0 aromatic heterocycles. The summed E-state index contributed by atoms with van der Waals surface area (Å²) in [6.07, 6.45) is 11.2. The van der Waals surface area contributed by atoms with Gasteiger partial charge in [0.1, 0.15) is 6.07 Å². The van der Waals surface area contributed by atoms with Gasteiger partial charge in [-0.3, -0.25) is 0 Å². The summed E-state index contributed by atoms with van der Waals surface area (Å²) in [7, 11) is 0. The molecule has 0 bridgehead atoms. The Hall–Kier alpha value is -2.33. The third-order valence-corrected chi connectivity index (χ3v) is 5.89. The van der Waals surface area contributed by atoms with Gasteiger partial charge in [0.05, 0.1) is 5.57 Å². The second-order valence-electron chi connectivity index (χ2n) is 8.52. The number of fused-ring (bicyclic) bond motifs is 1. The number of benzene rings is 2. The quantitative estimate of drug-likeness (QED) is 0.416. The van der Waals surface area contributed by atoms with E-state index in [4.69, 9.17) is 0 Å². The molecule has 0 saturated heterocycles. The van der Waals surface area contributed by atoms with Gasteiger partial charge in [-0.1, -0.05) is 94.5 Å². The third-order valence-electron chi connectivity index (χ3n) is 5.89. The van der Waals surface area contributed by atoms with Gasteiger partial charge in [-0.15, -0.1) is 0 Å². The van der Waals surface area contributed by atoms with Crippen LogP contribution in [-0.2, 0) is 12.8 Å². The lowest BCUT2D eigenvalue weighted by Crippen LogP contribution is -2.03. The normalized spacial score (nSPS) is 13.5. The predicted molar refractivity (Wildman–Crippen MR) is 120 cm³/mol. The van der Waals surface area contributed by atoms with Gasteiger partial charge in [0, 0.05) is 0 Å². The number of unbranched alkanes of at least 4 members (excludes halogenated alkanes) is 4. The number of nitrogens with zero attached hydrogens (tertiary/aromatic N) is 1. The Morgan fingerprint density at radius 3 is 2.32 bits per heavy atom. The fourth-order valence-electron chi connectivity index (χ4n) is 4.23. The van der Waals surface area contributed by atoms with Crippen LogP contribution in [0.4, 0.5) is 0 Å². The Kier molecular flexibility index (Phi) is 7.49. The fraction of sp³-hybridized carbons (Fsp3) is 0.444. The number of rotatable bonds is 9. The molecule has 0 aliphatic heterocycles. The molecule has 3 rings (SSSR count). The van der Waals surface area contributed by atoms with Crippen molar-refractivity contribution in [3.05, 3.63) is 70.8 Å².